The Balaban J connectivity index is 1.78. The molecule has 2 aromatic carbocycles. The predicted molar refractivity (Wildman–Crippen MR) is 77.6 cm³/mol. The van der Waals surface area contributed by atoms with Crippen molar-refractivity contribution in [3.63, 3.8) is 0 Å². The highest BCUT2D eigenvalue weighted by atomic mass is 16.6. The van der Waals surface area contributed by atoms with E-state index in [-0.39, 0.29) is 12.2 Å². The average Bonchev–Trinajstić information content (AvgIpc) is 2.49. The molecule has 0 aliphatic carbocycles. The SMILES string of the molecule is CC(O[B]OC(C)c1ccccc1)c1ccccc1. The molecule has 1 radical (unpaired) electrons. The normalized spacial score (nSPS) is 13.8. The Morgan fingerprint density at radius 1 is 0.684 bits per heavy atom. The van der Waals surface area contributed by atoms with Gasteiger partial charge < -0.3 is 9.31 Å². The van der Waals surface area contributed by atoms with E-state index in [1.54, 1.807) is 0 Å². The number of rotatable bonds is 6. The first kappa shape index (κ1) is 13.8. The molecule has 2 nitrogen and oxygen atoms in total. The molecule has 2 aromatic rings. The lowest BCUT2D eigenvalue weighted by molar-refractivity contribution is 0.136. The molecule has 0 amide bonds. The highest BCUT2D eigenvalue weighted by Gasteiger charge is 2.10. The molecule has 0 saturated heterocycles. The largest absolute Gasteiger partial charge is 0.488 e. The summed E-state index contributed by atoms with van der Waals surface area (Å²) in [6.45, 7) is 4.00. The van der Waals surface area contributed by atoms with Gasteiger partial charge in [0, 0.05) is 0 Å². The predicted octanol–water partition coefficient (Wildman–Crippen LogP) is 4.08. The van der Waals surface area contributed by atoms with Crippen molar-refractivity contribution >= 4 is 7.69 Å². The van der Waals surface area contributed by atoms with Crippen molar-refractivity contribution < 1.29 is 9.31 Å². The molecule has 97 valence electrons. The summed E-state index contributed by atoms with van der Waals surface area (Å²) in [6, 6.07) is 20.2. The van der Waals surface area contributed by atoms with Crippen molar-refractivity contribution in [3.8, 4) is 0 Å². The van der Waals surface area contributed by atoms with Crippen LogP contribution in [0, 0.1) is 0 Å². The van der Waals surface area contributed by atoms with Gasteiger partial charge in [-0.05, 0) is 25.0 Å². The molecule has 0 fully saturated rings. The Hall–Kier alpha value is -1.58. The van der Waals surface area contributed by atoms with Crippen LogP contribution in [0.3, 0.4) is 0 Å². The minimum Gasteiger partial charge on any atom is -0.407 e. The van der Waals surface area contributed by atoms with Gasteiger partial charge in [0.2, 0.25) is 0 Å². The Morgan fingerprint density at radius 2 is 1.05 bits per heavy atom. The van der Waals surface area contributed by atoms with E-state index < -0.39 is 0 Å². The monoisotopic (exact) mass is 253 g/mol. The van der Waals surface area contributed by atoms with E-state index in [4.69, 9.17) is 9.31 Å². The molecule has 0 heterocycles. The van der Waals surface area contributed by atoms with E-state index in [9.17, 15) is 0 Å². The van der Waals surface area contributed by atoms with Crippen molar-refractivity contribution in [2.24, 2.45) is 0 Å². The summed E-state index contributed by atoms with van der Waals surface area (Å²) >= 11 is 0. The number of hydrogen-bond acceptors (Lipinski definition) is 2. The van der Waals surface area contributed by atoms with E-state index in [0.717, 1.165) is 11.1 Å². The Morgan fingerprint density at radius 3 is 1.42 bits per heavy atom. The van der Waals surface area contributed by atoms with Crippen LogP contribution in [0.1, 0.15) is 37.2 Å². The second kappa shape index (κ2) is 7.12. The van der Waals surface area contributed by atoms with Crippen molar-refractivity contribution in [2.45, 2.75) is 26.1 Å². The molecule has 0 bridgehead atoms. The van der Waals surface area contributed by atoms with Crippen LogP contribution in [0.2, 0.25) is 0 Å². The van der Waals surface area contributed by atoms with E-state index in [0.29, 0.717) is 0 Å². The maximum atomic E-state index is 5.57. The third-order valence-corrected chi connectivity index (χ3v) is 3.06. The number of benzene rings is 2. The maximum absolute atomic E-state index is 5.57. The molecule has 0 aromatic heterocycles. The fraction of sp³-hybridized carbons (Fsp3) is 0.250. The van der Waals surface area contributed by atoms with Gasteiger partial charge in [-0.3, -0.25) is 0 Å². The highest BCUT2D eigenvalue weighted by Crippen LogP contribution is 2.18. The molecular formula is C16H18BO2. The van der Waals surface area contributed by atoms with Gasteiger partial charge in [-0.15, -0.1) is 0 Å². The van der Waals surface area contributed by atoms with Gasteiger partial charge in [0.1, 0.15) is 0 Å². The smallest absolute Gasteiger partial charge is 0.407 e. The van der Waals surface area contributed by atoms with Crippen molar-refractivity contribution in [1.29, 1.82) is 0 Å². The average molecular weight is 253 g/mol. The quantitative estimate of drug-likeness (QED) is 0.722. The fourth-order valence-corrected chi connectivity index (χ4v) is 1.80. The first-order valence-corrected chi connectivity index (χ1v) is 6.50. The Labute approximate surface area is 115 Å². The lowest BCUT2D eigenvalue weighted by Gasteiger charge is -2.16. The molecule has 3 heteroatoms. The van der Waals surface area contributed by atoms with Crippen molar-refractivity contribution in [1.82, 2.24) is 0 Å². The zero-order valence-corrected chi connectivity index (χ0v) is 11.3. The van der Waals surface area contributed by atoms with Gasteiger partial charge in [0.05, 0.1) is 12.2 Å². The lowest BCUT2D eigenvalue weighted by Crippen LogP contribution is -2.11. The molecule has 0 spiro atoms. The lowest BCUT2D eigenvalue weighted by atomic mass is 10.1. The molecule has 0 aliphatic heterocycles. The summed E-state index contributed by atoms with van der Waals surface area (Å²) in [5.74, 6) is 0. The van der Waals surface area contributed by atoms with Gasteiger partial charge in [-0.1, -0.05) is 60.7 Å². The molecule has 19 heavy (non-hydrogen) atoms. The molecule has 2 unspecified atom stereocenters. The van der Waals surface area contributed by atoms with Crippen molar-refractivity contribution in [3.05, 3.63) is 71.8 Å². The van der Waals surface area contributed by atoms with Crippen LogP contribution < -0.4 is 0 Å². The van der Waals surface area contributed by atoms with Gasteiger partial charge in [-0.25, -0.2) is 0 Å². The minimum atomic E-state index is -0.0100. The van der Waals surface area contributed by atoms with Crippen LogP contribution in [0.15, 0.2) is 60.7 Å². The standard InChI is InChI=1S/C16H18BO2/c1-13(15-9-5-3-6-10-15)18-17-19-14(2)16-11-7-4-8-12-16/h3-14H,1-2H3. The van der Waals surface area contributed by atoms with Gasteiger partial charge >= 0.3 is 7.69 Å². The maximum Gasteiger partial charge on any atom is 0.488 e. The van der Waals surface area contributed by atoms with Crippen LogP contribution in [-0.2, 0) is 9.31 Å². The summed E-state index contributed by atoms with van der Waals surface area (Å²) in [5, 5.41) is 0. The van der Waals surface area contributed by atoms with E-state index >= 15 is 0 Å². The summed E-state index contributed by atoms with van der Waals surface area (Å²) < 4.78 is 11.1. The molecular weight excluding hydrogens is 235 g/mol. The van der Waals surface area contributed by atoms with Gasteiger partial charge in [0.25, 0.3) is 0 Å². The van der Waals surface area contributed by atoms with Crippen LogP contribution in [0.4, 0.5) is 0 Å². The van der Waals surface area contributed by atoms with Gasteiger partial charge in [0.15, 0.2) is 0 Å². The minimum absolute atomic E-state index is 0.0100. The van der Waals surface area contributed by atoms with Gasteiger partial charge in [-0.2, -0.15) is 0 Å². The second-order valence-corrected chi connectivity index (χ2v) is 4.47. The first-order valence-electron chi connectivity index (χ1n) is 6.50. The summed E-state index contributed by atoms with van der Waals surface area (Å²) in [4.78, 5) is 0. The topological polar surface area (TPSA) is 18.5 Å². The molecule has 2 rings (SSSR count). The molecule has 0 saturated carbocycles. The van der Waals surface area contributed by atoms with Crippen LogP contribution in [0.25, 0.3) is 0 Å². The summed E-state index contributed by atoms with van der Waals surface area (Å²) in [7, 11) is 1.44. The Bertz CT molecular complexity index is 427. The van der Waals surface area contributed by atoms with Crippen LogP contribution in [0.5, 0.6) is 0 Å². The summed E-state index contributed by atoms with van der Waals surface area (Å²) in [6.07, 6.45) is -0.0200. The second-order valence-electron chi connectivity index (χ2n) is 4.47. The van der Waals surface area contributed by atoms with Crippen LogP contribution in [-0.4, -0.2) is 7.69 Å². The molecule has 0 N–H and O–H groups in total. The molecule has 2 atom stereocenters. The molecule has 0 aliphatic rings. The van der Waals surface area contributed by atoms with E-state index in [1.165, 1.54) is 7.69 Å². The third-order valence-electron chi connectivity index (χ3n) is 3.06. The first-order chi connectivity index (χ1) is 9.27. The fourth-order valence-electron chi connectivity index (χ4n) is 1.80. The van der Waals surface area contributed by atoms with E-state index in [1.807, 2.05) is 74.5 Å². The van der Waals surface area contributed by atoms with Crippen molar-refractivity contribution in [2.75, 3.05) is 0 Å². The van der Waals surface area contributed by atoms with Crippen LogP contribution >= 0.6 is 0 Å². The zero-order valence-electron chi connectivity index (χ0n) is 11.3. The zero-order chi connectivity index (χ0) is 13.5. The third kappa shape index (κ3) is 4.23. The number of hydrogen-bond donors (Lipinski definition) is 0. The van der Waals surface area contributed by atoms with E-state index in [2.05, 4.69) is 0 Å². The summed E-state index contributed by atoms with van der Waals surface area (Å²) in [5.41, 5.74) is 2.27. The highest BCUT2D eigenvalue weighted by molar-refractivity contribution is 6.18. The Kier molecular flexibility index (Phi) is 5.19.